The lowest BCUT2D eigenvalue weighted by atomic mass is 10.1. The molecule has 0 aliphatic heterocycles. The van der Waals surface area contributed by atoms with Crippen molar-refractivity contribution in [1.29, 1.82) is 0 Å². The van der Waals surface area contributed by atoms with Gasteiger partial charge in [-0.25, -0.2) is 0 Å². The van der Waals surface area contributed by atoms with Gasteiger partial charge in [0.05, 0.1) is 27.3 Å². The van der Waals surface area contributed by atoms with E-state index in [1.54, 1.807) is 30.5 Å². The van der Waals surface area contributed by atoms with E-state index < -0.39 is 0 Å². The molecule has 0 atom stereocenters. The number of ether oxygens (including phenoxy) is 2. The van der Waals surface area contributed by atoms with Crippen LogP contribution in [0.15, 0.2) is 35.0 Å². The minimum Gasteiger partial charge on any atom is -0.493 e. The summed E-state index contributed by atoms with van der Waals surface area (Å²) in [6.45, 7) is 0.812. The topological polar surface area (TPSA) is 93.9 Å². The fraction of sp³-hybridized carbons (Fsp3) is 0.368. The third kappa shape index (κ3) is 7.03. The molecule has 0 saturated heterocycles. The maximum atomic E-state index is 12.6. The molecule has 0 bridgehead atoms. The van der Waals surface area contributed by atoms with Gasteiger partial charge in [0, 0.05) is 13.1 Å². The van der Waals surface area contributed by atoms with Gasteiger partial charge in [0.1, 0.15) is 0 Å². The second kappa shape index (κ2) is 12.2. The number of halogens is 1. The summed E-state index contributed by atoms with van der Waals surface area (Å²) >= 11 is 1.58. The molecule has 2 amide bonds. The van der Waals surface area contributed by atoms with Crippen molar-refractivity contribution in [2.45, 2.75) is 13.0 Å². The molecule has 0 saturated carbocycles. The van der Waals surface area contributed by atoms with Gasteiger partial charge in [0.25, 0.3) is 0 Å². The standard InChI is InChI=1S/C19H25N3O4S.ClH/c1-25-16-4-3-14(9-17(16)26-2)5-7-22(12-15-6-8-27-13-15)19(24)11-21-18(23)10-20;/h3-4,6,8-9,13H,5,7,10-12,20H2,1-2H3,(H,21,23);1H. The van der Waals surface area contributed by atoms with Crippen molar-refractivity contribution >= 4 is 35.6 Å². The van der Waals surface area contributed by atoms with Crippen LogP contribution in [0.1, 0.15) is 11.1 Å². The molecular weight excluding hydrogens is 402 g/mol. The van der Waals surface area contributed by atoms with Gasteiger partial charge in [0.15, 0.2) is 11.5 Å². The Morgan fingerprint density at radius 1 is 1.14 bits per heavy atom. The highest BCUT2D eigenvalue weighted by molar-refractivity contribution is 7.07. The molecule has 0 aliphatic rings. The normalized spacial score (nSPS) is 9.96. The van der Waals surface area contributed by atoms with Gasteiger partial charge in [0.2, 0.25) is 11.8 Å². The predicted octanol–water partition coefficient (Wildman–Crippen LogP) is 1.83. The smallest absolute Gasteiger partial charge is 0.242 e. The number of amides is 2. The Kier molecular flexibility index (Phi) is 10.4. The summed E-state index contributed by atoms with van der Waals surface area (Å²) in [7, 11) is 3.18. The van der Waals surface area contributed by atoms with Crippen molar-refractivity contribution in [3.05, 3.63) is 46.2 Å². The minimum absolute atomic E-state index is 0. The summed E-state index contributed by atoms with van der Waals surface area (Å²) in [4.78, 5) is 25.6. The Hall–Kier alpha value is -2.29. The van der Waals surface area contributed by atoms with Crippen LogP contribution in [0.3, 0.4) is 0 Å². The Morgan fingerprint density at radius 2 is 1.89 bits per heavy atom. The first-order chi connectivity index (χ1) is 13.1. The number of carbonyl (C=O) groups excluding carboxylic acids is 2. The Balaban J connectivity index is 0.00000392. The maximum absolute atomic E-state index is 12.6. The zero-order valence-corrected chi connectivity index (χ0v) is 17.6. The fourth-order valence-electron chi connectivity index (χ4n) is 2.55. The van der Waals surface area contributed by atoms with E-state index in [4.69, 9.17) is 15.2 Å². The average molecular weight is 428 g/mol. The van der Waals surface area contributed by atoms with Crippen LogP contribution in [-0.2, 0) is 22.6 Å². The van der Waals surface area contributed by atoms with Crippen LogP contribution in [0.2, 0.25) is 0 Å². The second-order valence-electron chi connectivity index (χ2n) is 5.87. The largest absolute Gasteiger partial charge is 0.493 e. The minimum atomic E-state index is -0.348. The number of thiophene rings is 1. The third-order valence-corrected chi connectivity index (χ3v) is 4.78. The highest BCUT2D eigenvalue weighted by Crippen LogP contribution is 2.27. The molecule has 0 spiro atoms. The van der Waals surface area contributed by atoms with E-state index in [1.807, 2.05) is 35.0 Å². The number of hydrogen-bond acceptors (Lipinski definition) is 6. The van der Waals surface area contributed by atoms with Gasteiger partial charge in [-0.05, 0) is 46.5 Å². The zero-order valence-electron chi connectivity index (χ0n) is 16.0. The van der Waals surface area contributed by atoms with E-state index in [9.17, 15) is 9.59 Å². The number of rotatable bonds is 10. The van der Waals surface area contributed by atoms with Crippen molar-refractivity contribution in [3.63, 3.8) is 0 Å². The Bertz CT molecular complexity index is 756. The van der Waals surface area contributed by atoms with Crippen LogP contribution in [0.4, 0.5) is 0 Å². The lowest BCUT2D eigenvalue weighted by Gasteiger charge is -2.23. The summed E-state index contributed by atoms with van der Waals surface area (Å²) in [5.41, 5.74) is 7.36. The van der Waals surface area contributed by atoms with Crippen LogP contribution >= 0.6 is 23.7 Å². The van der Waals surface area contributed by atoms with Crippen LogP contribution in [-0.4, -0.2) is 50.6 Å². The van der Waals surface area contributed by atoms with Gasteiger partial charge >= 0.3 is 0 Å². The fourth-order valence-corrected chi connectivity index (χ4v) is 3.21. The van der Waals surface area contributed by atoms with Crippen molar-refractivity contribution in [3.8, 4) is 11.5 Å². The molecule has 3 N–H and O–H groups in total. The molecule has 154 valence electrons. The second-order valence-corrected chi connectivity index (χ2v) is 6.65. The molecule has 1 aromatic carbocycles. The first-order valence-corrected chi connectivity index (χ1v) is 9.48. The van der Waals surface area contributed by atoms with Gasteiger partial charge in [-0.15, -0.1) is 12.4 Å². The summed E-state index contributed by atoms with van der Waals surface area (Å²) < 4.78 is 10.6. The highest BCUT2D eigenvalue weighted by Gasteiger charge is 2.16. The lowest BCUT2D eigenvalue weighted by Crippen LogP contribution is -2.42. The summed E-state index contributed by atoms with van der Waals surface area (Å²) in [5, 5.41) is 6.52. The number of nitrogens with two attached hydrogens (primary N) is 1. The van der Waals surface area contributed by atoms with Crippen LogP contribution in [0, 0.1) is 0 Å². The van der Waals surface area contributed by atoms with E-state index in [-0.39, 0.29) is 37.3 Å². The maximum Gasteiger partial charge on any atom is 0.242 e. The molecule has 9 heteroatoms. The molecule has 2 rings (SSSR count). The molecule has 28 heavy (non-hydrogen) atoms. The van der Waals surface area contributed by atoms with Crippen molar-refractivity contribution in [2.24, 2.45) is 5.73 Å². The van der Waals surface area contributed by atoms with Gasteiger partial charge in [-0.3, -0.25) is 9.59 Å². The van der Waals surface area contributed by atoms with Crippen LogP contribution in [0.25, 0.3) is 0 Å². The van der Waals surface area contributed by atoms with Crippen molar-refractivity contribution in [2.75, 3.05) is 33.9 Å². The molecule has 0 radical (unpaired) electrons. The number of benzene rings is 1. The first-order valence-electron chi connectivity index (χ1n) is 8.54. The predicted molar refractivity (Wildman–Crippen MR) is 112 cm³/mol. The summed E-state index contributed by atoms with van der Waals surface area (Å²) in [6.07, 6.45) is 0.654. The summed E-state index contributed by atoms with van der Waals surface area (Å²) in [5.74, 6) is 0.820. The van der Waals surface area contributed by atoms with Gasteiger partial charge in [-0.1, -0.05) is 6.07 Å². The third-order valence-electron chi connectivity index (χ3n) is 4.05. The molecule has 0 fully saturated rings. The Labute approximate surface area is 175 Å². The van der Waals surface area contributed by atoms with E-state index in [2.05, 4.69) is 5.32 Å². The van der Waals surface area contributed by atoms with E-state index >= 15 is 0 Å². The summed E-state index contributed by atoms with van der Waals surface area (Å²) in [6, 6.07) is 7.69. The SMILES string of the molecule is COc1ccc(CCN(Cc2ccsc2)C(=O)CNC(=O)CN)cc1OC.Cl. The molecular formula is C19H26ClN3O4S. The van der Waals surface area contributed by atoms with Crippen LogP contribution < -0.4 is 20.5 Å². The number of carbonyl (C=O) groups is 2. The monoisotopic (exact) mass is 427 g/mol. The van der Waals surface area contributed by atoms with Gasteiger partial charge in [-0.2, -0.15) is 11.3 Å². The lowest BCUT2D eigenvalue weighted by molar-refractivity contribution is -0.133. The van der Waals surface area contributed by atoms with E-state index in [0.29, 0.717) is 31.0 Å². The molecule has 2 aromatic rings. The van der Waals surface area contributed by atoms with E-state index in [0.717, 1.165) is 11.1 Å². The Morgan fingerprint density at radius 3 is 2.50 bits per heavy atom. The molecule has 7 nitrogen and oxygen atoms in total. The van der Waals surface area contributed by atoms with Crippen molar-refractivity contribution < 1.29 is 19.1 Å². The first kappa shape index (κ1) is 23.7. The zero-order chi connectivity index (χ0) is 19.6. The van der Waals surface area contributed by atoms with Gasteiger partial charge < -0.3 is 25.4 Å². The molecule has 0 unspecified atom stereocenters. The van der Waals surface area contributed by atoms with E-state index in [1.165, 1.54) is 0 Å². The van der Waals surface area contributed by atoms with Crippen LogP contribution in [0.5, 0.6) is 11.5 Å². The number of nitrogens with zero attached hydrogens (tertiary/aromatic N) is 1. The average Bonchev–Trinajstić information content (AvgIpc) is 3.21. The molecule has 0 aliphatic carbocycles. The number of methoxy groups -OCH3 is 2. The molecule has 1 heterocycles. The number of hydrogen-bond donors (Lipinski definition) is 2. The van der Waals surface area contributed by atoms with Crippen molar-refractivity contribution in [1.82, 2.24) is 10.2 Å². The quantitative estimate of drug-likeness (QED) is 0.603. The number of nitrogens with one attached hydrogen (secondary N) is 1. The molecule has 1 aromatic heterocycles. The highest BCUT2D eigenvalue weighted by atomic mass is 35.5.